The van der Waals surface area contributed by atoms with Crippen LogP contribution in [-0.2, 0) is 4.79 Å². The summed E-state index contributed by atoms with van der Waals surface area (Å²) in [5.74, 6) is 0.956. The average molecular weight is 311 g/mol. The Morgan fingerprint density at radius 3 is 2.43 bits per heavy atom. The molecule has 0 bridgehead atoms. The molecule has 2 aromatic rings. The van der Waals surface area contributed by atoms with Gasteiger partial charge in [-0.15, -0.1) is 0 Å². The first-order valence-corrected chi connectivity index (χ1v) is 7.50. The van der Waals surface area contributed by atoms with Gasteiger partial charge in [-0.3, -0.25) is 9.59 Å². The highest BCUT2D eigenvalue weighted by Crippen LogP contribution is 2.31. The molecule has 0 radical (unpaired) electrons. The third kappa shape index (κ3) is 3.88. The van der Waals surface area contributed by atoms with E-state index < -0.39 is 0 Å². The summed E-state index contributed by atoms with van der Waals surface area (Å²) in [4.78, 5) is 24.1. The maximum Gasteiger partial charge on any atom is 0.224 e. The second-order valence-electron chi connectivity index (χ2n) is 5.20. The number of fused-ring (bicyclic) bond motifs is 1. The second kappa shape index (κ2) is 6.96. The third-order valence-corrected chi connectivity index (χ3v) is 3.50. The van der Waals surface area contributed by atoms with E-state index in [9.17, 15) is 9.59 Å². The number of rotatable bonds is 5. The molecule has 5 nitrogen and oxygen atoms in total. The van der Waals surface area contributed by atoms with Gasteiger partial charge in [0.1, 0.15) is 13.2 Å². The zero-order chi connectivity index (χ0) is 16.1. The summed E-state index contributed by atoms with van der Waals surface area (Å²) < 4.78 is 10.9. The fourth-order valence-corrected chi connectivity index (χ4v) is 2.33. The van der Waals surface area contributed by atoms with E-state index in [2.05, 4.69) is 5.32 Å². The Morgan fingerprint density at radius 2 is 1.65 bits per heavy atom. The van der Waals surface area contributed by atoms with Crippen molar-refractivity contribution in [1.29, 1.82) is 0 Å². The van der Waals surface area contributed by atoms with Crippen LogP contribution < -0.4 is 14.8 Å². The zero-order valence-corrected chi connectivity index (χ0v) is 12.6. The lowest BCUT2D eigenvalue weighted by atomic mass is 10.1. The van der Waals surface area contributed by atoms with E-state index >= 15 is 0 Å². The zero-order valence-electron chi connectivity index (χ0n) is 12.6. The molecule has 1 amide bonds. The molecule has 23 heavy (non-hydrogen) atoms. The van der Waals surface area contributed by atoms with Crippen LogP contribution in [-0.4, -0.2) is 24.9 Å². The van der Waals surface area contributed by atoms with Crippen LogP contribution in [0.15, 0.2) is 48.5 Å². The van der Waals surface area contributed by atoms with Gasteiger partial charge in [-0.2, -0.15) is 0 Å². The van der Waals surface area contributed by atoms with Crippen LogP contribution in [0.2, 0.25) is 0 Å². The number of amides is 1. The van der Waals surface area contributed by atoms with Crippen LogP contribution in [0, 0.1) is 0 Å². The van der Waals surface area contributed by atoms with Crippen LogP contribution in [0.5, 0.6) is 11.5 Å². The molecule has 118 valence electrons. The highest BCUT2D eigenvalue weighted by Gasteiger charge is 2.15. The van der Waals surface area contributed by atoms with Gasteiger partial charge in [0.25, 0.3) is 0 Å². The van der Waals surface area contributed by atoms with Crippen molar-refractivity contribution < 1.29 is 19.1 Å². The average Bonchev–Trinajstić information content (AvgIpc) is 2.60. The van der Waals surface area contributed by atoms with Crippen molar-refractivity contribution in [1.82, 2.24) is 0 Å². The minimum absolute atomic E-state index is 0.0924. The number of ether oxygens (including phenoxy) is 2. The number of hydrogen-bond donors (Lipinski definition) is 1. The Kier molecular flexibility index (Phi) is 4.57. The standard InChI is InChI=1S/C18H17NO4/c20-15(7-9-18(21)19-14-4-2-1-3-5-14)13-6-8-16-17(12-13)23-11-10-22-16/h1-6,8,12H,7,9-11H2,(H,19,21). The molecule has 1 N–H and O–H groups in total. The van der Waals surface area contributed by atoms with Crippen molar-refractivity contribution in [2.45, 2.75) is 12.8 Å². The number of carbonyl (C=O) groups excluding carboxylic acids is 2. The molecule has 2 aromatic carbocycles. The molecule has 0 atom stereocenters. The highest BCUT2D eigenvalue weighted by molar-refractivity contribution is 6.00. The van der Waals surface area contributed by atoms with E-state index in [1.807, 2.05) is 18.2 Å². The predicted octanol–water partition coefficient (Wildman–Crippen LogP) is 3.06. The summed E-state index contributed by atoms with van der Waals surface area (Å²) in [6, 6.07) is 14.3. The first-order chi connectivity index (χ1) is 11.2. The Hall–Kier alpha value is -2.82. The summed E-state index contributed by atoms with van der Waals surface area (Å²) in [6.07, 6.45) is 0.292. The minimum Gasteiger partial charge on any atom is -0.486 e. The number of ketones is 1. The fourth-order valence-electron chi connectivity index (χ4n) is 2.33. The van der Waals surface area contributed by atoms with Crippen LogP contribution in [0.25, 0.3) is 0 Å². The molecule has 0 aromatic heterocycles. The second-order valence-corrected chi connectivity index (χ2v) is 5.20. The molecule has 0 spiro atoms. The molecule has 0 aliphatic carbocycles. The fraction of sp³-hybridized carbons (Fsp3) is 0.222. The molecule has 0 unspecified atom stereocenters. The van der Waals surface area contributed by atoms with Gasteiger partial charge in [0, 0.05) is 24.1 Å². The lowest BCUT2D eigenvalue weighted by Crippen LogP contribution is -2.16. The molecule has 5 heteroatoms. The van der Waals surface area contributed by atoms with Gasteiger partial charge in [0.15, 0.2) is 17.3 Å². The predicted molar refractivity (Wildman–Crippen MR) is 86.1 cm³/mol. The molecule has 0 saturated carbocycles. The van der Waals surface area contributed by atoms with E-state index in [1.165, 1.54) is 0 Å². The Labute approximate surface area is 134 Å². The van der Waals surface area contributed by atoms with Gasteiger partial charge in [-0.25, -0.2) is 0 Å². The Balaban J connectivity index is 1.56. The van der Waals surface area contributed by atoms with Crippen molar-refractivity contribution in [2.24, 2.45) is 0 Å². The van der Waals surface area contributed by atoms with Crippen molar-refractivity contribution in [3.05, 3.63) is 54.1 Å². The van der Waals surface area contributed by atoms with Crippen LogP contribution in [0.4, 0.5) is 5.69 Å². The van der Waals surface area contributed by atoms with Gasteiger partial charge in [0.05, 0.1) is 0 Å². The lowest BCUT2D eigenvalue weighted by Gasteiger charge is -2.18. The van der Waals surface area contributed by atoms with Gasteiger partial charge < -0.3 is 14.8 Å². The van der Waals surface area contributed by atoms with E-state index in [4.69, 9.17) is 9.47 Å². The van der Waals surface area contributed by atoms with Gasteiger partial charge >= 0.3 is 0 Å². The van der Waals surface area contributed by atoms with E-state index in [-0.39, 0.29) is 24.5 Å². The first-order valence-electron chi connectivity index (χ1n) is 7.50. The Bertz CT molecular complexity index is 712. The maximum atomic E-state index is 12.2. The molecule has 1 heterocycles. The van der Waals surface area contributed by atoms with E-state index in [0.717, 1.165) is 5.69 Å². The summed E-state index contributed by atoms with van der Waals surface area (Å²) >= 11 is 0. The topological polar surface area (TPSA) is 64.6 Å². The normalized spacial score (nSPS) is 12.5. The number of nitrogens with one attached hydrogen (secondary N) is 1. The SMILES string of the molecule is O=C(CCC(=O)c1ccc2c(c1)OCCO2)Nc1ccccc1. The van der Waals surface area contributed by atoms with Crippen molar-refractivity contribution in [3.8, 4) is 11.5 Å². The highest BCUT2D eigenvalue weighted by atomic mass is 16.6. The lowest BCUT2D eigenvalue weighted by molar-refractivity contribution is -0.116. The molecule has 3 rings (SSSR count). The number of Topliss-reactive ketones (excluding diaryl/α,β-unsaturated/α-hetero) is 1. The molecule has 0 saturated heterocycles. The molecular formula is C18H17NO4. The van der Waals surface area contributed by atoms with Crippen LogP contribution in [0.3, 0.4) is 0 Å². The molecule has 0 fully saturated rings. The van der Waals surface area contributed by atoms with E-state index in [0.29, 0.717) is 30.3 Å². The number of para-hydroxylation sites is 1. The largest absolute Gasteiger partial charge is 0.486 e. The van der Waals surface area contributed by atoms with Crippen molar-refractivity contribution in [3.63, 3.8) is 0 Å². The van der Waals surface area contributed by atoms with Crippen LogP contribution in [0.1, 0.15) is 23.2 Å². The molecule has 1 aliphatic heterocycles. The number of hydrogen-bond acceptors (Lipinski definition) is 4. The summed E-state index contributed by atoms with van der Waals surface area (Å²) in [5.41, 5.74) is 1.26. The van der Waals surface area contributed by atoms with Gasteiger partial charge in [-0.05, 0) is 30.3 Å². The third-order valence-electron chi connectivity index (χ3n) is 3.50. The summed E-state index contributed by atoms with van der Waals surface area (Å²) in [5, 5.41) is 2.76. The summed E-state index contributed by atoms with van der Waals surface area (Å²) in [6.45, 7) is 0.990. The van der Waals surface area contributed by atoms with Crippen LogP contribution >= 0.6 is 0 Å². The number of carbonyl (C=O) groups is 2. The quantitative estimate of drug-likeness (QED) is 0.862. The maximum absolute atomic E-state index is 12.2. The Morgan fingerprint density at radius 1 is 0.913 bits per heavy atom. The van der Waals surface area contributed by atoms with Crippen molar-refractivity contribution >= 4 is 17.4 Å². The molecular weight excluding hydrogens is 294 g/mol. The number of anilines is 1. The van der Waals surface area contributed by atoms with Gasteiger partial charge in [-0.1, -0.05) is 18.2 Å². The van der Waals surface area contributed by atoms with Crippen molar-refractivity contribution in [2.75, 3.05) is 18.5 Å². The van der Waals surface area contributed by atoms with Gasteiger partial charge in [0.2, 0.25) is 5.91 Å². The van der Waals surface area contributed by atoms with E-state index in [1.54, 1.807) is 30.3 Å². The summed E-state index contributed by atoms with van der Waals surface area (Å²) in [7, 11) is 0. The smallest absolute Gasteiger partial charge is 0.224 e. The number of benzene rings is 2. The molecule has 1 aliphatic rings. The minimum atomic E-state index is -0.179. The monoisotopic (exact) mass is 311 g/mol. The first kappa shape index (κ1) is 15.1.